The highest BCUT2D eigenvalue weighted by atomic mass is 35.5. The predicted octanol–water partition coefficient (Wildman–Crippen LogP) is 1.79. The van der Waals surface area contributed by atoms with Crippen LogP contribution in [0.2, 0.25) is 4.34 Å². The maximum absolute atomic E-state index is 12.5. The summed E-state index contributed by atoms with van der Waals surface area (Å²) in [6.45, 7) is 0. The highest BCUT2D eigenvalue weighted by molar-refractivity contribution is 7.86. The van der Waals surface area contributed by atoms with Crippen molar-refractivity contribution in [1.82, 2.24) is 0 Å². The highest BCUT2D eigenvalue weighted by Crippen LogP contribution is 2.27. The molecule has 1 aromatic rings. The number of thiophene rings is 1. The van der Waals surface area contributed by atoms with Crippen molar-refractivity contribution in [2.24, 2.45) is 0 Å². The molecule has 0 aromatic carbocycles. The second kappa shape index (κ2) is 2.71. The third-order valence-electron chi connectivity index (χ3n) is 0.903. The molecule has 0 saturated heterocycles. The molecule has 0 fully saturated rings. The van der Waals surface area contributed by atoms with Crippen molar-refractivity contribution in [3.05, 3.63) is 15.5 Å². The quantitative estimate of drug-likeness (QED) is 0.729. The Kier molecular flexibility index (Phi) is 2.19. The lowest BCUT2D eigenvalue weighted by Gasteiger charge is -1.88. The smallest absolute Gasteiger partial charge is 0.282 e. The lowest BCUT2D eigenvalue weighted by atomic mass is 10.6. The Hall–Kier alpha value is -0.170. The van der Waals surface area contributed by atoms with Gasteiger partial charge in [0, 0.05) is 0 Å². The molecule has 1 heterocycles. The molecule has 0 aliphatic heterocycles. The van der Waals surface area contributed by atoms with Crippen LogP contribution in [-0.4, -0.2) is 13.0 Å². The van der Waals surface area contributed by atoms with Gasteiger partial charge in [-0.3, -0.25) is 4.55 Å². The van der Waals surface area contributed by atoms with Crippen LogP contribution in [0.3, 0.4) is 0 Å². The summed E-state index contributed by atoms with van der Waals surface area (Å²) in [6.07, 6.45) is 0. The van der Waals surface area contributed by atoms with E-state index >= 15 is 0 Å². The summed E-state index contributed by atoms with van der Waals surface area (Å²) in [5.41, 5.74) is 0. The average molecular weight is 217 g/mol. The molecule has 0 aliphatic rings. The molecule has 0 saturated carbocycles. The van der Waals surface area contributed by atoms with Crippen molar-refractivity contribution in [3.8, 4) is 0 Å². The molecule has 0 spiro atoms. The maximum Gasteiger partial charge on any atom is 0.298 e. The number of halogens is 2. The van der Waals surface area contributed by atoms with Crippen molar-refractivity contribution < 1.29 is 17.4 Å². The van der Waals surface area contributed by atoms with E-state index in [1.54, 1.807) is 0 Å². The number of rotatable bonds is 1. The maximum atomic E-state index is 12.5. The van der Waals surface area contributed by atoms with E-state index in [0.29, 0.717) is 11.3 Å². The molecule has 1 aromatic heterocycles. The summed E-state index contributed by atoms with van der Waals surface area (Å²) in [5.74, 6) is 0. The van der Waals surface area contributed by atoms with Crippen molar-refractivity contribution in [2.45, 2.75) is 4.90 Å². The molecule has 1 rings (SSSR count). The summed E-state index contributed by atoms with van der Waals surface area (Å²) in [4.78, 5) is -0.771. The Balaban J connectivity index is 3.36. The van der Waals surface area contributed by atoms with E-state index in [2.05, 4.69) is 0 Å². The Morgan fingerprint density at radius 2 is 2.18 bits per heavy atom. The first-order valence-corrected chi connectivity index (χ1v) is 4.97. The molecule has 11 heavy (non-hydrogen) atoms. The van der Waals surface area contributed by atoms with Gasteiger partial charge < -0.3 is 0 Å². The minimum Gasteiger partial charge on any atom is -0.282 e. The van der Waals surface area contributed by atoms with Crippen LogP contribution < -0.4 is 0 Å². The van der Waals surface area contributed by atoms with Crippen LogP contribution in [0.1, 0.15) is 0 Å². The van der Waals surface area contributed by atoms with Crippen molar-refractivity contribution in [1.29, 1.82) is 0 Å². The van der Waals surface area contributed by atoms with Gasteiger partial charge in [-0.05, 0) is 6.07 Å². The molecule has 0 bridgehead atoms. The first-order valence-electron chi connectivity index (χ1n) is 2.33. The zero-order chi connectivity index (χ0) is 8.65. The Labute approximate surface area is 71.2 Å². The van der Waals surface area contributed by atoms with Gasteiger partial charge in [0.25, 0.3) is 10.1 Å². The van der Waals surface area contributed by atoms with Crippen LogP contribution in [0.15, 0.2) is 11.0 Å². The largest absolute Gasteiger partial charge is 0.298 e. The second-order valence-electron chi connectivity index (χ2n) is 1.66. The summed E-state index contributed by atoms with van der Waals surface area (Å²) in [5, 5.41) is -1.00. The molecule has 3 nitrogen and oxygen atoms in total. The van der Waals surface area contributed by atoms with Crippen LogP contribution in [-0.2, 0) is 10.1 Å². The lowest BCUT2D eigenvalue weighted by Crippen LogP contribution is -1.97. The third-order valence-corrected chi connectivity index (χ3v) is 2.94. The molecule has 0 unspecified atom stereocenters. The fourth-order valence-electron chi connectivity index (χ4n) is 0.501. The molecule has 0 aliphatic carbocycles. The molecule has 0 radical (unpaired) electrons. The SMILES string of the molecule is O=S(=O)(O)c1cc(Cl)sc1F. The minimum absolute atomic E-state index is 0.0184. The zero-order valence-electron chi connectivity index (χ0n) is 4.91. The highest BCUT2D eigenvalue weighted by Gasteiger charge is 2.18. The fourth-order valence-corrected chi connectivity index (χ4v) is 2.37. The normalized spacial score (nSPS) is 11.9. The van der Waals surface area contributed by atoms with E-state index in [1.165, 1.54) is 0 Å². The molecular formula is C4H2ClFO3S2. The molecular weight excluding hydrogens is 215 g/mol. The lowest BCUT2D eigenvalue weighted by molar-refractivity contribution is 0.476. The molecule has 7 heteroatoms. The summed E-state index contributed by atoms with van der Waals surface area (Å²) in [6, 6.07) is 0.858. The number of hydrogen-bond donors (Lipinski definition) is 1. The van der Waals surface area contributed by atoms with Crippen molar-refractivity contribution in [2.75, 3.05) is 0 Å². The molecule has 1 N–H and O–H groups in total. The van der Waals surface area contributed by atoms with Gasteiger partial charge in [0.2, 0.25) is 0 Å². The average Bonchev–Trinajstić information content (AvgIpc) is 2.08. The van der Waals surface area contributed by atoms with Crippen molar-refractivity contribution >= 4 is 33.1 Å². The third kappa shape index (κ3) is 1.90. The van der Waals surface area contributed by atoms with Gasteiger partial charge in [0.15, 0.2) is 5.13 Å². The van der Waals surface area contributed by atoms with E-state index < -0.39 is 20.1 Å². The molecule has 62 valence electrons. The van der Waals surface area contributed by atoms with E-state index in [4.69, 9.17) is 16.2 Å². The first kappa shape index (κ1) is 8.92. The van der Waals surface area contributed by atoms with Crippen LogP contribution in [0.25, 0.3) is 0 Å². The molecule has 0 atom stereocenters. The van der Waals surface area contributed by atoms with Crippen LogP contribution in [0.5, 0.6) is 0 Å². The number of hydrogen-bond acceptors (Lipinski definition) is 3. The monoisotopic (exact) mass is 216 g/mol. The molecule has 0 amide bonds. The Morgan fingerprint density at radius 3 is 2.36 bits per heavy atom. The van der Waals surface area contributed by atoms with Crippen LogP contribution >= 0.6 is 22.9 Å². The van der Waals surface area contributed by atoms with E-state index in [1.807, 2.05) is 0 Å². The summed E-state index contributed by atoms with van der Waals surface area (Å²) >= 11 is 5.73. The second-order valence-corrected chi connectivity index (χ2v) is 4.69. The fraction of sp³-hybridized carbons (Fsp3) is 0. The topological polar surface area (TPSA) is 54.4 Å². The standard InChI is InChI=1S/C4H2ClFO3S2/c5-3-1-2(4(6)10-3)11(7,8)9/h1H,(H,7,8,9). The van der Waals surface area contributed by atoms with Gasteiger partial charge in [-0.1, -0.05) is 22.9 Å². The summed E-state index contributed by atoms with van der Waals surface area (Å²) in [7, 11) is -4.46. The van der Waals surface area contributed by atoms with Gasteiger partial charge in [0.1, 0.15) is 4.90 Å². The predicted molar refractivity (Wildman–Crippen MR) is 39.1 cm³/mol. The Morgan fingerprint density at radius 1 is 1.64 bits per heavy atom. The minimum atomic E-state index is -4.46. The van der Waals surface area contributed by atoms with E-state index in [9.17, 15) is 12.8 Å². The van der Waals surface area contributed by atoms with E-state index in [-0.39, 0.29) is 4.34 Å². The van der Waals surface area contributed by atoms with Gasteiger partial charge in [-0.25, -0.2) is 0 Å². The van der Waals surface area contributed by atoms with Gasteiger partial charge in [-0.15, -0.1) is 0 Å². The van der Waals surface area contributed by atoms with Gasteiger partial charge in [-0.2, -0.15) is 12.8 Å². The van der Waals surface area contributed by atoms with Gasteiger partial charge in [0.05, 0.1) is 4.34 Å². The van der Waals surface area contributed by atoms with Crippen molar-refractivity contribution in [3.63, 3.8) is 0 Å². The summed E-state index contributed by atoms with van der Waals surface area (Å²) < 4.78 is 41.5. The zero-order valence-corrected chi connectivity index (χ0v) is 7.30. The van der Waals surface area contributed by atoms with Gasteiger partial charge >= 0.3 is 0 Å². The van der Waals surface area contributed by atoms with Crippen LogP contribution in [0, 0.1) is 5.13 Å². The van der Waals surface area contributed by atoms with Crippen LogP contribution in [0.4, 0.5) is 4.39 Å². The van der Waals surface area contributed by atoms with E-state index in [0.717, 1.165) is 6.07 Å². The first-order chi connectivity index (χ1) is 4.91. The Bertz CT molecular complexity index is 369.